The number of furan rings is 1. The van der Waals surface area contributed by atoms with Crippen molar-refractivity contribution in [2.75, 3.05) is 18.0 Å². The molecule has 0 spiro atoms. The third kappa shape index (κ3) is 3.90. The van der Waals surface area contributed by atoms with Crippen LogP contribution in [0, 0.1) is 0 Å². The molecule has 0 aromatic carbocycles. The minimum absolute atomic E-state index is 0.154. The fourth-order valence-corrected chi connectivity index (χ4v) is 2.75. The molecule has 122 valence electrons. The van der Waals surface area contributed by atoms with Crippen LogP contribution in [0.5, 0.6) is 0 Å². The van der Waals surface area contributed by atoms with Crippen molar-refractivity contribution in [3.63, 3.8) is 0 Å². The summed E-state index contributed by atoms with van der Waals surface area (Å²) in [5, 5.41) is 2.84. The second-order valence-corrected chi connectivity index (χ2v) is 5.88. The van der Waals surface area contributed by atoms with Crippen LogP contribution in [-0.2, 0) is 11.3 Å². The summed E-state index contributed by atoms with van der Waals surface area (Å²) >= 11 is 0. The molecule has 1 amide bonds. The lowest BCUT2D eigenvalue weighted by Crippen LogP contribution is -2.45. The van der Waals surface area contributed by atoms with Crippen molar-refractivity contribution in [2.24, 2.45) is 0 Å². The highest BCUT2D eigenvalue weighted by Crippen LogP contribution is 2.18. The molecule has 1 aliphatic heterocycles. The van der Waals surface area contributed by atoms with Gasteiger partial charge in [-0.15, -0.1) is 0 Å². The van der Waals surface area contributed by atoms with Crippen LogP contribution in [0.2, 0.25) is 0 Å². The molecule has 6 nitrogen and oxygen atoms in total. The predicted octanol–water partition coefficient (Wildman–Crippen LogP) is 2.22. The number of aromatic nitrogens is 1. The van der Waals surface area contributed by atoms with E-state index in [1.54, 1.807) is 12.3 Å². The molecule has 3 heterocycles. The first-order valence-electron chi connectivity index (χ1n) is 7.77. The van der Waals surface area contributed by atoms with E-state index >= 15 is 0 Å². The van der Waals surface area contributed by atoms with Gasteiger partial charge in [-0.1, -0.05) is 6.07 Å². The Labute approximate surface area is 135 Å². The third-order valence-corrected chi connectivity index (χ3v) is 3.79. The van der Waals surface area contributed by atoms with E-state index in [2.05, 4.69) is 29.0 Å². The lowest BCUT2D eigenvalue weighted by molar-refractivity contribution is -0.00546. The number of morpholine rings is 1. The smallest absolute Gasteiger partial charge is 0.254 e. The van der Waals surface area contributed by atoms with Gasteiger partial charge in [0.2, 0.25) is 0 Å². The molecule has 23 heavy (non-hydrogen) atoms. The van der Waals surface area contributed by atoms with Crippen molar-refractivity contribution in [3.8, 4) is 0 Å². The fraction of sp³-hybridized carbons (Fsp3) is 0.412. The summed E-state index contributed by atoms with van der Waals surface area (Å²) in [7, 11) is 0. The summed E-state index contributed by atoms with van der Waals surface area (Å²) < 4.78 is 10.6. The number of hydrogen-bond donors (Lipinski definition) is 1. The monoisotopic (exact) mass is 315 g/mol. The first-order valence-corrected chi connectivity index (χ1v) is 7.77. The zero-order valence-corrected chi connectivity index (χ0v) is 13.4. The highest BCUT2D eigenvalue weighted by molar-refractivity contribution is 5.93. The number of amides is 1. The van der Waals surface area contributed by atoms with Gasteiger partial charge in [-0.25, -0.2) is 4.98 Å². The van der Waals surface area contributed by atoms with E-state index in [-0.39, 0.29) is 18.1 Å². The number of rotatable bonds is 4. The molecule has 0 aliphatic carbocycles. The Morgan fingerprint density at radius 3 is 2.70 bits per heavy atom. The molecular weight excluding hydrogens is 294 g/mol. The highest BCUT2D eigenvalue weighted by atomic mass is 16.5. The SMILES string of the molecule is CC1CN(c2ccc(CNC(=O)c3ccoc3)cn2)CC(C)O1. The molecule has 1 saturated heterocycles. The van der Waals surface area contributed by atoms with Crippen molar-refractivity contribution in [2.45, 2.75) is 32.6 Å². The van der Waals surface area contributed by atoms with E-state index in [1.165, 1.54) is 12.5 Å². The van der Waals surface area contributed by atoms with Gasteiger partial charge in [-0.05, 0) is 31.5 Å². The zero-order valence-electron chi connectivity index (χ0n) is 13.4. The number of pyridine rings is 1. The maximum Gasteiger partial charge on any atom is 0.254 e. The number of nitrogens with zero attached hydrogens (tertiary/aromatic N) is 2. The molecule has 2 aromatic rings. The summed E-state index contributed by atoms with van der Waals surface area (Å²) in [6, 6.07) is 5.62. The van der Waals surface area contributed by atoms with Gasteiger partial charge in [-0.2, -0.15) is 0 Å². The maximum absolute atomic E-state index is 11.9. The molecule has 1 N–H and O–H groups in total. The summed E-state index contributed by atoms with van der Waals surface area (Å²) in [6.45, 7) is 6.26. The lowest BCUT2D eigenvalue weighted by atomic mass is 10.2. The van der Waals surface area contributed by atoms with Crippen LogP contribution in [0.25, 0.3) is 0 Å². The summed E-state index contributed by atoms with van der Waals surface area (Å²) in [5.41, 5.74) is 1.48. The van der Waals surface area contributed by atoms with E-state index in [4.69, 9.17) is 9.15 Å². The molecule has 2 aromatic heterocycles. The Bertz CT molecular complexity index is 630. The van der Waals surface area contributed by atoms with Crippen LogP contribution in [0.3, 0.4) is 0 Å². The van der Waals surface area contributed by atoms with Gasteiger partial charge in [0, 0.05) is 25.8 Å². The summed E-state index contributed by atoms with van der Waals surface area (Å²) in [5.74, 6) is 0.788. The lowest BCUT2D eigenvalue weighted by Gasteiger charge is -2.36. The number of ether oxygens (including phenoxy) is 1. The second kappa shape index (κ2) is 6.83. The zero-order chi connectivity index (χ0) is 16.2. The number of nitrogens with one attached hydrogen (secondary N) is 1. The molecule has 2 atom stereocenters. The largest absolute Gasteiger partial charge is 0.472 e. The van der Waals surface area contributed by atoms with E-state index in [9.17, 15) is 4.79 Å². The van der Waals surface area contributed by atoms with Crippen molar-refractivity contribution in [1.29, 1.82) is 0 Å². The second-order valence-electron chi connectivity index (χ2n) is 5.88. The number of carbonyl (C=O) groups is 1. The van der Waals surface area contributed by atoms with E-state index in [1.807, 2.05) is 12.1 Å². The minimum atomic E-state index is -0.154. The molecule has 3 rings (SSSR count). The van der Waals surface area contributed by atoms with Crippen LogP contribution in [0.4, 0.5) is 5.82 Å². The summed E-state index contributed by atoms with van der Waals surface area (Å²) in [4.78, 5) is 18.6. The van der Waals surface area contributed by atoms with Gasteiger partial charge < -0.3 is 19.4 Å². The molecule has 0 radical (unpaired) electrons. The van der Waals surface area contributed by atoms with Crippen molar-refractivity contribution in [3.05, 3.63) is 48.0 Å². The molecule has 6 heteroatoms. The van der Waals surface area contributed by atoms with Gasteiger partial charge in [0.1, 0.15) is 12.1 Å². The maximum atomic E-state index is 11.9. The number of carbonyl (C=O) groups excluding carboxylic acids is 1. The van der Waals surface area contributed by atoms with Gasteiger partial charge in [0.15, 0.2) is 0 Å². The van der Waals surface area contributed by atoms with Gasteiger partial charge in [-0.3, -0.25) is 4.79 Å². The van der Waals surface area contributed by atoms with Gasteiger partial charge in [0.05, 0.1) is 24.0 Å². The predicted molar refractivity (Wildman–Crippen MR) is 86.3 cm³/mol. The van der Waals surface area contributed by atoms with Crippen molar-refractivity contribution < 1.29 is 13.9 Å². The van der Waals surface area contributed by atoms with Crippen molar-refractivity contribution in [1.82, 2.24) is 10.3 Å². The third-order valence-electron chi connectivity index (χ3n) is 3.79. The average Bonchev–Trinajstić information content (AvgIpc) is 3.07. The van der Waals surface area contributed by atoms with Gasteiger partial charge >= 0.3 is 0 Å². The van der Waals surface area contributed by atoms with E-state index in [0.29, 0.717) is 12.1 Å². The molecule has 0 bridgehead atoms. The Morgan fingerprint density at radius 1 is 1.30 bits per heavy atom. The first kappa shape index (κ1) is 15.6. The minimum Gasteiger partial charge on any atom is -0.472 e. The topological polar surface area (TPSA) is 67.6 Å². The van der Waals surface area contributed by atoms with Gasteiger partial charge in [0.25, 0.3) is 5.91 Å². The van der Waals surface area contributed by atoms with E-state index in [0.717, 1.165) is 24.5 Å². The van der Waals surface area contributed by atoms with E-state index < -0.39 is 0 Å². The Hall–Kier alpha value is -2.34. The first-order chi connectivity index (χ1) is 11.1. The molecule has 1 aliphatic rings. The molecule has 2 unspecified atom stereocenters. The standard InChI is InChI=1S/C17H21N3O3/c1-12-9-20(10-13(2)23-12)16-4-3-14(7-18-16)8-19-17(21)15-5-6-22-11-15/h3-7,11-13H,8-10H2,1-2H3,(H,19,21). The fourth-order valence-electron chi connectivity index (χ4n) is 2.75. The normalized spacial score (nSPS) is 21.2. The van der Waals surface area contributed by atoms with Crippen LogP contribution in [0.1, 0.15) is 29.8 Å². The number of anilines is 1. The van der Waals surface area contributed by atoms with Crippen LogP contribution < -0.4 is 10.2 Å². The summed E-state index contributed by atoms with van der Waals surface area (Å²) in [6.07, 6.45) is 5.12. The Balaban J connectivity index is 1.58. The Kier molecular flexibility index (Phi) is 4.62. The highest BCUT2D eigenvalue weighted by Gasteiger charge is 2.22. The molecule has 1 fully saturated rings. The average molecular weight is 315 g/mol. The number of hydrogen-bond acceptors (Lipinski definition) is 5. The molecular formula is C17H21N3O3. The van der Waals surface area contributed by atoms with Crippen LogP contribution >= 0.6 is 0 Å². The Morgan fingerprint density at radius 2 is 2.09 bits per heavy atom. The van der Waals surface area contributed by atoms with Crippen LogP contribution in [-0.4, -0.2) is 36.2 Å². The molecule has 0 saturated carbocycles. The van der Waals surface area contributed by atoms with Crippen molar-refractivity contribution >= 4 is 11.7 Å². The van der Waals surface area contributed by atoms with Crippen LogP contribution in [0.15, 0.2) is 41.3 Å². The quantitative estimate of drug-likeness (QED) is 0.937.